The molecule has 1 N–H and O–H groups in total. The molecule has 1 aliphatic heterocycles. The lowest BCUT2D eigenvalue weighted by Crippen LogP contribution is -2.43. The van der Waals surface area contributed by atoms with Gasteiger partial charge in [0.25, 0.3) is 5.91 Å². The summed E-state index contributed by atoms with van der Waals surface area (Å²) in [6.07, 6.45) is 1.66. The van der Waals surface area contributed by atoms with Gasteiger partial charge in [-0.1, -0.05) is 36.4 Å². The van der Waals surface area contributed by atoms with Crippen LogP contribution in [0.5, 0.6) is 0 Å². The van der Waals surface area contributed by atoms with Crippen molar-refractivity contribution in [2.45, 2.75) is 12.6 Å². The van der Waals surface area contributed by atoms with Crippen LogP contribution < -0.4 is 5.32 Å². The Labute approximate surface area is 149 Å². The normalized spacial score (nSPS) is 20.8. The summed E-state index contributed by atoms with van der Waals surface area (Å²) in [5.74, 6) is 0.322. The van der Waals surface area contributed by atoms with Crippen LogP contribution in [-0.2, 0) is 6.54 Å². The lowest BCUT2D eigenvalue weighted by Gasteiger charge is -2.22. The molecule has 1 aromatic carbocycles. The van der Waals surface area contributed by atoms with Crippen LogP contribution in [-0.4, -0.2) is 60.5 Å². The number of nitrogens with zero attached hydrogens (tertiary/aromatic N) is 3. The van der Waals surface area contributed by atoms with Crippen molar-refractivity contribution < 1.29 is 4.79 Å². The second kappa shape index (κ2) is 8.23. The van der Waals surface area contributed by atoms with Crippen LogP contribution in [0.25, 0.3) is 0 Å². The van der Waals surface area contributed by atoms with Crippen LogP contribution in [0.3, 0.4) is 0 Å². The summed E-state index contributed by atoms with van der Waals surface area (Å²) in [6.45, 7) is 3.73. The first-order valence-electron chi connectivity index (χ1n) is 8.74. The van der Waals surface area contributed by atoms with E-state index in [4.69, 9.17) is 0 Å². The highest BCUT2D eigenvalue weighted by Crippen LogP contribution is 2.20. The minimum atomic E-state index is -0.0871. The average Bonchev–Trinajstić information content (AvgIpc) is 2.96. The first-order chi connectivity index (χ1) is 12.1. The van der Waals surface area contributed by atoms with Crippen LogP contribution in [0.2, 0.25) is 0 Å². The fraction of sp³-hybridized carbons (Fsp3) is 0.400. The smallest absolute Gasteiger partial charge is 0.270 e. The van der Waals surface area contributed by atoms with Gasteiger partial charge in [0.15, 0.2) is 0 Å². The summed E-state index contributed by atoms with van der Waals surface area (Å²) in [5, 5.41) is 3.20. The van der Waals surface area contributed by atoms with E-state index in [9.17, 15) is 4.79 Å². The zero-order valence-corrected chi connectivity index (χ0v) is 14.9. The molecule has 0 saturated carbocycles. The van der Waals surface area contributed by atoms with Crippen LogP contribution in [0.4, 0.5) is 0 Å². The van der Waals surface area contributed by atoms with E-state index in [0.29, 0.717) is 11.6 Å². The lowest BCUT2D eigenvalue weighted by molar-refractivity contribution is 0.0921. The Bertz CT molecular complexity index is 675. The highest BCUT2D eigenvalue weighted by atomic mass is 16.2. The predicted octanol–water partition coefficient (Wildman–Crippen LogP) is 1.87. The van der Waals surface area contributed by atoms with E-state index in [1.807, 2.05) is 18.2 Å². The van der Waals surface area contributed by atoms with Gasteiger partial charge in [0.1, 0.15) is 5.69 Å². The predicted molar refractivity (Wildman–Crippen MR) is 99.3 cm³/mol. The highest BCUT2D eigenvalue weighted by molar-refractivity contribution is 5.92. The average molecular weight is 338 g/mol. The van der Waals surface area contributed by atoms with Crippen molar-refractivity contribution in [1.29, 1.82) is 0 Å². The Balaban J connectivity index is 1.66. The maximum Gasteiger partial charge on any atom is 0.270 e. The van der Waals surface area contributed by atoms with Crippen molar-refractivity contribution in [1.82, 2.24) is 20.1 Å². The molecular formula is C20H26N4O. The third-order valence-electron chi connectivity index (χ3n) is 4.58. The minimum Gasteiger partial charge on any atom is -0.346 e. The number of hydrogen-bond donors (Lipinski definition) is 1. The van der Waals surface area contributed by atoms with Gasteiger partial charge < -0.3 is 10.2 Å². The van der Waals surface area contributed by atoms with E-state index in [0.717, 1.165) is 26.2 Å². The van der Waals surface area contributed by atoms with Crippen molar-refractivity contribution in [2.75, 3.05) is 33.7 Å². The monoisotopic (exact) mass is 338 g/mol. The van der Waals surface area contributed by atoms with Gasteiger partial charge in [-0.2, -0.15) is 0 Å². The van der Waals surface area contributed by atoms with Crippen molar-refractivity contribution in [3.8, 4) is 0 Å². The number of pyridine rings is 1. The highest BCUT2D eigenvalue weighted by Gasteiger charge is 2.34. The van der Waals surface area contributed by atoms with Gasteiger partial charge in [-0.15, -0.1) is 0 Å². The maximum absolute atomic E-state index is 12.5. The molecule has 2 atom stereocenters. The molecule has 1 fully saturated rings. The van der Waals surface area contributed by atoms with Gasteiger partial charge in [0.05, 0.1) is 0 Å². The molecule has 1 aliphatic rings. The summed E-state index contributed by atoms with van der Waals surface area (Å²) in [4.78, 5) is 21.3. The molecule has 1 amide bonds. The molecule has 0 spiro atoms. The SMILES string of the molecule is CN(C)C[C@@H]1CN(Cc2ccccc2)C[C@H]1NC(=O)c1ccccn1. The van der Waals surface area contributed by atoms with E-state index in [2.05, 4.69) is 58.5 Å². The molecule has 3 rings (SSSR count). The van der Waals surface area contributed by atoms with Crippen LogP contribution >= 0.6 is 0 Å². The molecular weight excluding hydrogens is 312 g/mol. The van der Waals surface area contributed by atoms with E-state index >= 15 is 0 Å². The second-order valence-corrected chi connectivity index (χ2v) is 7.00. The molecule has 25 heavy (non-hydrogen) atoms. The number of rotatable bonds is 6. The number of hydrogen-bond acceptors (Lipinski definition) is 4. The first-order valence-corrected chi connectivity index (χ1v) is 8.74. The topological polar surface area (TPSA) is 48.5 Å². The van der Waals surface area contributed by atoms with Gasteiger partial charge in [0, 0.05) is 44.3 Å². The largest absolute Gasteiger partial charge is 0.346 e. The van der Waals surface area contributed by atoms with Gasteiger partial charge >= 0.3 is 0 Å². The Hall–Kier alpha value is -2.24. The van der Waals surface area contributed by atoms with Crippen LogP contribution in [0, 0.1) is 5.92 Å². The third kappa shape index (κ3) is 4.87. The van der Waals surface area contributed by atoms with Crippen LogP contribution in [0.15, 0.2) is 54.7 Å². The van der Waals surface area contributed by atoms with E-state index in [1.54, 1.807) is 12.3 Å². The Morgan fingerprint density at radius 2 is 1.92 bits per heavy atom. The molecule has 0 bridgehead atoms. The fourth-order valence-electron chi connectivity index (χ4n) is 3.49. The summed E-state index contributed by atoms with van der Waals surface area (Å²) in [5.41, 5.74) is 1.79. The van der Waals surface area contributed by atoms with Crippen LogP contribution in [0.1, 0.15) is 16.1 Å². The van der Waals surface area contributed by atoms with Crippen molar-refractivity contribution in [3.05, 3.63) is 66.0 Å². The number of aromatic nitrogens is 1. The summed E-state index contributed by atoms with van der Waals surface area (Å²) in [7, 11) is 4.16. The van der Waals surface area contributed by atoms with Crippen molar-refractivity contribution >= 4 is 5.91 Å². The van der Waals surface area contributed by atoms with Gasteiger partial charge in [-0.3, -0.25) is 14.7 Å². The Morgan fingerprint density at radius 3 is 2.60 bits per heavy atom. The van der Waals surface area contributed by atoms with Gasteiger partial charge in [-0.25, -0.2) is 0 Å². The van der Waals surface area contributed by atoms with Gasteiger partial charge in [-0.05, 0) is 31.8 Å². The minimum absolute atomic E-state index is 0.0871. The van der Waals surface area contributed by atoms with Crippen molar-refractivity contribution in [3.63, 3.8) is 0 Å². The number of likely N-dealkylation sites (tertiary alicyclic amines) is 1. The molecule has 0 aliphatic carbocycles. The summed E-state index contributed by atoms with van der Waals surface area (Å²) >= 11 is 0. The number of carbonyl (C=O) groups is 1. The van der Waals surface area contributed by atoms with E-state index in [1.165, 1.54) is 5.56 Å². The van der Waals surface area contributed by atoms with E-state index in [-0.39, 0.29) is 11.9 Å². The number of carbonyl (C=O) groups excluding carboxylic acids is 1. The number of benzene rings is 1. The fourth-order valence-corrected chi connectivity index (χ4v) is 3.49. The van der Waals surface area contributed by atoms with Gasteiger partial charge in [0.2, 0.25) is 0 Å². The quantitative estimate of drug-likeness (QED) is 0.874. The third-order valence-corrected chi connectivity index (χ3v) is 4.58. The summed E-state index contributed by atoms with van der Waals surface area (Å²) in [6, 6.07) is 16.1. The molecule has 2 heterocycles. The standard InChI is InChI=1S/C20H26N4O/c1-23(2)13-17-14-24(12-16-8-4-3-5-9-16)15-19(17)22-20(25)18-10-6-7-11-21-18/h3-11,17,19H,12-15H2,1-2H3,(H,22,25)/t17-,19-/m1/s1. The molecule has 132 valence electrons. The number of amides is 1. The molecule has 5 nitrogen and oxygen atoms in total. The first kappa shape index (κ1) is 17.6. The number of nitrogens with one attached hydrogen (secondary N) is 1. The molecule has 0 unspecified atom stereocenters. The molecule has 0 radical (unpaired) electrons. The zero-order chi connectivity index (χ0) is 17.6. The lowest BCUT2D eigenvalue weighted by atomic mass is 10.0. The Kier molecular flexibility index (Phi) is 5.79. The molecule has 5 heteroatoms. The maximum atomic E-state index is 12.5. The second-order valence-electron chi connectivity index (χ2n) is 7.00. The molecule has 1 aromatic heterocycles. The molecule has 1 saturated heterocycles. The van der Waals surface area contributed by atoms with Crippen molar-refractivity contribution in [2.24, 2.45) is 5.92 Å². The van der Waals surface area contributed by atoms with E-state index < -0.39 is 0 Å². The Morgan fingerprint density at radius 1 is 1.16 bits per heavy atom. The summed E-state index contributed by atoms with van der Waals surface area (Å²) < 4.78 is 0. The molecule has 2 aromatic rings. The zero-order valence-electron chi connectivity index (χ0n) is 14.9.